The van der Waals surface area contributed by atoms with Gasteiger partial charge in [-0.25, -0.2) is 9.78 Å². The van der Waals surface area contributed by atoms with Crippen LogP contribution in [-0.4, -0.2) is 33.4 Å². The molecule has 0 unspecified atom stereocenters. The second kappa shape index (κ2) is 6.72. The first kappa shape index (κ1) is 16.6. The molecule has 0 bridgehead atoms. The number of hydrogen-bond acceptors (Lipinski definition) is 7. The van der Waals surface area contributed by atoms with Crippen LogP contribution in [0.2, 0.25) is 0 Å². The van der Waals surface area contributed by atoms with E-state index in [-0.39, 0.29) is 0 Å². The summed E-state index contributed by atoms with van der Waals surface area (Å²) in [5.74, 6) is 1.70. The van der Waals surface area contributed by atoms with Crippen LogP contribution in [0, 0.1) is 0 Å². The summed E-state index contributed by atoms with van der Waals surface area (Å²) in [6.45, 7) is 0. The molecule has 3 aromatic rings. The maximum absolute atomic E-state index is 12.0. The number of pyridine rings is 1. The second-order valence-corrected chi connectivity index (χ2v) is 5.09. The molecule has 0 N–H and O–H groups in total. The van der Waals surface area contributed by atoms with Gasteiger partial charge in [-0.3, -0.25) is 0 Å². The minimum atomic E-state index is -0.493. The predicted molar refractivity (Wildman–Crippen MR) is 91.9 cm³/mol. The lowest BCUT2D eigenvalue weighted by Crippen LogP contribution is -2.02. The maximum Gasteiger partial charge on any atom is 0.336 e. The van der Waals surface area contributed by atoms with Crippen LogP contribution in [-0.2, 0) is 0 Å². The van der Waals surface area contributed by atoms with Crippen molar-refractivity contribution in [2.24, 2.45) is 0 Å². The van der Waals surface area contributed by atoms with Crippen LogP contribution in [0.3, 0.4) is 0 Å². The Labute approximate surface area is 143 Å². The van der Waals surface area contributed by atoms with E-state index in [0.29, 0.717) is 45.2 Å². The average Bonchev–Trinajstić information content (AvgIpc) is 2.65. The molecular weight excluding hydrogens is 326 g/mol. The zero-order valence-electron chi connectivity index (χ0n) is 14.3. The minimum absolute atomic E-state index is 0.327. The standard InChI is InChI=1S/C18H17NO6/c1-21-13-8-12-16(18(24-4)17(13)23-3)11(7-15(20)25-12)10-5-6-14(22-2)19-9-10/h5-9H,1-4H3. The first-order valence-corrected chi connectivity index (χ1v) is 7.40. The highest BCUT2D eigenvalue weighted by Crippen LogP contribution is 2.46. The third-order valence-corrected chi connectivity index (χ3v) is 3.79. The van der Waals surface area contributed by atoms with Crippen molar-refractivity contribution in [2.45, 2.75) is 0 Å². The summed E-state index contributed by atoms with van der Waals surface area (Å²) in [4.78, 5) is 16.2. The van der Waals surface area contributed by atoms with Crippen LogP contribution >= 0.6 is 0 Å². The molecule has 1 aromatic carbocycles. The summed E-state index contributed by atoms with van der Waals surface area (Å²) in [7, 11) is 6.06. The number of aromatic nitrogens is 1. The molecule has 0 saturated carbocycles. The van der Waals surface area contributed by atoms with Crippen LogP contribution in [0.1, 0.15) is 0 Å². The van der Waals surface area contributed by atoms with Crippen molar-refractivity contribution in [3.8, 4) is 34.3 Å². The van der Waals surface area contributed by atoms with Crippen molar-refractivity contribution in [3.05, 3.63) is 40.9 Å². The Morgan fingerprint density at radius 2 is 1.68 bits per heavy atom. The topological polar surface area (TPSA) is 80.0 Å². The Balaban J connectivity index is 2.39. The van der Waals surface area contributed by atoms with Gasteiger partial charge in [-0.1, -0.05) is 0 Å². The van der Waals surface area contributed by atoms with E-state index in [9.17, 15) is 4.79 Å². The molecule has 0 aliphatic heterocycles. The van der Waals surface area contributed by atoms with E-state index in [2.05, 4.69) is 4.98 Å². The molecule has 130 valence electrons. The monoisotopic (exact) mass is 343 g/mol. The Hall–Kier alpha value is -3.22. The number of hydrogen-bond donors (Lipinski definition) is 0. The molecule has 0 spiro atoms. The van der Waals surface area contributed by atoms with Crippen molar-refractivity contribution >= 4 is 11.0 Å². The van der Waals surface area contributed by atoms with E-state index in [1.54, 1.807) is 24.4 Å². The Kier molecular flexibility index (Phi) is 4.47. The first-order valence-electron chi connectivity index (χ1n) is 7.40. The van der Waals surface area contributed by atoms with Gasteiger partial charge in [0, 0.05) is 35.5 Å². The van der Waals surface area contributed by atoms with Gasteiger partial charge < -0.3 is 23.4 Å². The second-order valence-electron chi connectivity index (χ2n) is 5.09. The fourth-order valence-electron chi connectivity index (χ4n) is 2.69. The lowest BCUT2D eigenvalue weighted by molar-refractivity contribution is 0.326. The Morgan fingerprint density at radius 3 is 2.24 bits per heavy atom. The molecule has 0 radical (unpaired) electrons. The lowest BCUT2D eigenvalue weighted by atomic mass is 10.0. The zero-order chi connectivity index (χ0) is 18.0. The minimum Gasteiger partial charge on any atom is -0.493 e. The van der Waals surface area contributed by atoms with Gasteiger partial charge in [-0.05, 0) is 6.07 Å². The molecule has 7 heteroatoms. The van der Waals surface area contributed by atoms with Crippen molar-refractivity contribution in [1.82, 2.24) is 4.98 Å². The van der Waals surface area contributed by atoms with E-state index in [4.69, 9.17) is 23.4 Å². The van der Waals surface area contributed by atoms with Gasteiger partial charge in [-0.15, -0.1) is 0 Å². The van der Waals surface area contributed by atoms with Gasteiger partial charge >= 0.3 is 5.63 Å². The molecule has 0 atom stereocenters. The normalized spacial score (nSPS) is 10.6. The van der Waals surface area contributed by atoms with E-state index in [1.165, 1.54) is 34.5 Å². The summed E-state index contributed by atoms with van der Waals surface area (Å²) >= 11 is 0. The average molecular weight is 343 g/mol. The van der Waals surface area contributed by atoms with Gasteiger partial charge in [0.2, 0.25) is 11.6 Å². The largest absolute Gasteiger partial charge is 0.493 e. The fraction of sp³-hybridized carbons (Fsp3) is 0.222. The molecule has 0 fully saturated rings. The first-order chi connectivity index (χ1) is 12.1. The molecule has 0 aliphatic carbocycles. The van der Waals surface area contributed by atoms with Crippen molar-refractivity contribution in [3.63, 3.8) is 0 Å². The summed E-state index contributed by atoms with van der Waals surface area (Å²) in [5.41, 5.74) is 1.16. The number of ether oxygens (including phenoxy) is 4. The van der Waals surface area contributed by atoms with Crippen LogP contribution in [0.4, 0.5) is 0 Å². The third-order valence-electron chi connectivity index (χ3n) is 3.79. The highest BCUT2D eigenvalue weighted by atomic mass is 16.5. The highest BCUT2D eigenvalue weighted by Gasteiger charge is 2.21. The molecule has 25 heavy (non-hydrogen) atoms. The van der Waals surface area contributed by atoms with Gasteiger partial charge in [-0.2, -0.15) is 0 Å². The quantitative estimate of drug-likeness (QED) is 0.659. The number of nitrogens with zero attached hydrogens (tertiary/aromatic N) is 1. The predicted octanol–water partition coefficient (Wildman–Crippen LogP) is 2.89. The molecule has 7 nitrogen and oxygen atoms in total. The van der Waals surface area contributed by atoms with Crippen molar-refractivity contribution < 1.29 is 23.4 Å². The molecule has 0 amide bonds. The molecular formula is C18H17NO6. The number of methoxy groups -OCH3 is 4. The van der Waals surface area contributed by atoms with Crippen LogP contribution in [0.5, 0.6) is 23.1 Å². The number of benzene rings is 1. The van der Waals surface area contributed by atoms with Gasteiger partial charge in [0.05, 0.1) is 33.8 Å². The summed E-state index contributed by atoms with van der Waals surface area (Å²) in [6.07, 6.45) is 1.61. The molecule has 0 saturated heterocycles. The van der Waals surface area contributed by atoms with E-state index >= 15 is 0 Å². The van der Waals surface area contributed by atoms with Gasteiger partial charge in [0.1, 0.15) is 5.58 Å². The number of fused-ring (bicyclic) bond motifs is 1. The molecule has 3 rings (SSSR count). The Bertz CT molecular complexity index is 962. The summed E-state index contributed by atoms with van der Waals surface area (Å²) < 4.78 is 26.7. The van der Waals surface area contributed by atoms with Gasteiger partial charge in [0.25, 0.3) is 0 Å². The summed E-state index contributed by atoms with van der Waals surface area (Å²) in [6, 6.07) is 6.50. The third kappa shape index (κ3) is 2.84. The zero-order valence-corrected chi connectivity index (χ0v) is 14.3. The van der Waals surface area contributed by atoms with Crippen molar-refractivity contribution in [1.29, 1.82) is 0 Å². The maximum atomic E-state index is 12.0. The lowest BCUT2D eigenvalue weighted by Gasteiger charge is -2.16. The van der Waals surface area contributed by atoms with Crippen LogP contribution in [0.15, 0.2) is 39.7 Å². The molecule has 2 aromatic heterocycles. The smallest absolute Gasteiger partial charge is 0.336 e. The van der Waals surface area contributed by atoms with E-state index in [1.807, 2.05) is 0 Å². The molecule has 2 heterocycles. The van der Waals surface area contributed by atoms with Gasteiger partial charge in [0.15, 0.2) is 11.5 Å². The van der Waals surface area contributed by atoms with Crippen molar-refractivity contribution in [2.75, 3.05) is 28.4 Å². The van der Waals surface area contributed by atoms with Crippen LogP contribution < -0.4 is 24.6 Å². The highest BCUT2D eigenvalue weighted by molar-refractivity contribution is 6.00. The molecule has 0 aliphatic rings. The fourth-order valence-corrected chi connectivity index (χ4v) is 2.69. The van der Waals surface area contributed by atoms with Crippen LogP contribution in [0.25, 0.3) is 22.1 Å². The number of rotatable bonds is 5. The van der Waals surface area contributed by atoms with E-state index in [0.717, 1.165) is 0 Å². The van der Waals surface area contributed by atoms with E-state index < -0.39 is 5.63 Å². The summed E-state index contributed by atoms with van der Waals surface area (Å²) in [5, 5.41) is 0.590. The Morgan fingerprint density at radius 1 is 0.920 bits per heavy atom. The SMILES string of the molecule is COc1ccc(-c2cc(=O)oc3cc(OC)c(OC)c(OC)c23)cn1.